The Morgan fingerprint density at radius 1 is 0.296 bits per heavy atom. The zero-order chi connectivity index (χ0) is 72.3. The smallest absolute Gasteiger partial charge is 0.462 e. The van der Waals surface area contributed by atoms with Crippen LogP contribution in [-0.2, 0) is 65.4 Å². The second kappa shape index (κ2) is 69.4. The summed E-state index contributed by atoms with van der Waals surface area (Å²) >= 11 is 0. The molecule has 0 rings (SSSR count). The molecule has 0 heterocycles. The maximum absolute atomic E-state index is 13.1. The van der Waals surface area contributed by atoms with Crippen molar-refractivity contribution in [3.8, 4) is 0 Å². The summed E-state index contributed by atoms with van der Waals surface area (Å²) in [5.74, 6) is 0.261. The van der Waals surface area contributed by atoms with Gasteiger partial charge in [0, 0.05) is 25.7 Å². The fourth-order valence-corrected chi connectivity index (χ4v) is 13.7. The van der Waals surface area contributed by atoms with Gasteiger partial charge in [0.2, 0.25) is 0 Å². The summed E-state index contributed by atoms with van der Waals surface area (Å²) in [6, 6.07) is 0. The van der Waals surface area contributed by atoms with Gasteiger partial charge in [-0.15, -0.1) is 0 Å². The molecule has 3 N–H and O–H groups in total. The van der Waals surface area contributed by atoms with Crippen LogP contribution in [0.2, 0.25) is 0 Å². The number of carbonyl (C=O) groups excluding carboxylic acids is 4. The lowest BCUT2D eigenvalue weighted by molar-refractivity contribution is -0.161. The number of rotatable bonds is 77. The molecule has 3 unspecified atom stereocenters. The van der Waals surface area contributed by atoms with E-state index in [1.807, 2.05) is 0 Å². The average molecular weight is 1440 g/mol. The Kier molecular flexibility index (Phi) is 68.1. The third-order valence-electron chi connectivity index (χ3n) is 18.7. The maximum atomic E-state index is 13.1. The van der Waals surface area contributed by atoms with Crippen LogP contribution in [-0.4, -0.2) is 96.7 Å². The lowest BCUT2D eigenvalue weighted by Gasteiger charge is -2.21. The fraction of sp³-hybridized carbons (Fsp3) is 0.949. The highest BCUT2D eigenvalue weighted by Gasteiger charge is 2.30. The van der Waals surface area contributed by atoms with Crippen molar-refractivity contribution in [1.29, 1.82) is 0 Å². The number of hydrogen-bond acceptors (Lipinski definition) is 15. The summed E-state index contributed by atoms with van der Waals surface area (Å²) in [5.41, 5.74) is 0. The van der Waals surface area contributed by atoms with Crippen molar-refractivity contribution in [2.24, 2.45) is 17.8 Å². The molecule has 17 nitrogen and oxygen atoms in total. The first-order valence-corrected chi connectivity index (χ1v) is 43.9. The summed E-state index contributed by atoms with van der Waals surface area (Å²) in [5, 5.41) is 10.6. The van der Waals surface area contributed by atoms with Crippen LogP contribution in [0, 0.1) is 17.8 Å². The van der Waals surface area contributed by atoms with Crippen molar-refractivity contribution in [2.75, 3.05) is 39.6 Å². The Morgan fingerprint density at radius 3 is 0.776 bits per heavy atom. The summed E-state index contributed by atoms with van der Waals surface area (Å²) in [7, 11) is -9.90. The van der Waals surface area contributed by atoms with Crippen LogP contribution in [0.4, 0.5) is 0 Å². The minimum atomic E-state index is -4.96. The van der Waals surface area contributed by atoms with Gasteiger partial charge in [0.25, 0.3) is 0 Å². The van der Waals surface area contributed by atoms with E-state index in [1.165, 1.54) is 212 Å². The first-order chi connectivity index (χ1) is 47.3. The molecular weight excluding hydrogens is 1280 g/mol. The molecule has 98 heavy (non-hydrogen) atoms. The highest BCUT2D eigenvalue weighted by atomic mass is 31.2. The number of aliphatic hydroxyl groups is 1. The van der Waals surface area contributed by atoms with Gasteiger partial charge >= 0.3 is 39.5 Å². The van der Waals surface area contributed by atoms with E-state index in [1.54, 1.807) is 0 Å². The molecule has 0 aliphatic heterocycles. The normalized spacial score (nSPS) is 14.3. The SMILES string of the molecule is CCCCCCCC(=O)OC[C@H](COP(=O)(O)OC[C@H](O)COP(=O)(O)OC[C@@H](COC(=O)CCCCCCCCCCCCCCCCCCCCC(C)C)OC(=O)CCCCCCCCCCCCCCCCCCCCC(C)CC)OC(=O)CCCCCCCCCC(C)C. The molecular formula is C79H154O17P2. The monoisotopic (exact) mass is 1440 g/mol. The van der Waals surface area contributed by atoms with Crippen molar-refractivity contribution in [1.82, 2.24) is 0 Å². The molecule has 0 aliphatic carbocycles. The number of ether oxygens (including phenoxy) is 4. The van der Waals surface area contributed by atoms with Gasteiger partial charge in [-0.3, -0.25) is 37.3 Å². The van der Waals surface area contributed by atoms with Gasteiger partial charge in [-0.1, -0.05) is 357 Å². The minimum Gasteiger partial charge on any atom is -0.462 e. The van der Waals surface area contributed by atoms with E-state index in [4.69, 9.17) is 37.0 Å². The van der Waals surface area contributed by atoms with Crippen molar-refractivity contribution in [3.05, 3.63) is 0 Å². The predicted molar refractivity (Wildman–Crippen MR) is 400 cm³/mol. The second-order valence-electron chi connectivity index (χ2n) is 29.6. The third kappa shape index (κ3) is 71.1. The van der Waals surface area contributed by atoms with Gasteiger partial charge in [-0.05, 0) is 43.4 Å². The van der Waals surface area contributed by atoms with Crippen LogP contribution >= 0.6 is 15.6 Å². The summed E-state index contributed by atoms with van der Waals surface area (Å²) in [4.78, 5) is 72.5. The third-order valence-corrected chi connectivity index (χ3v) is 20.6. The minimum absolute atomic E-state index is 0.103. The number of carbonyl (C=O) groups is 4. The van der Waals surface area contributed by atoms with Gasteiger partial charge in [0.1, 0.15) is 19.3 Å². The Balaban J connectivity index is 5.09. The Hall–Kier alpha value is -1.94. The highest BCUT2D eigenvalue weighted by molar-refractivity contribution is 7.47. The first kappa shape index (κ1) is 96.1. The summed E-state index contributed by atoms with van der Waals surface area (Å²) in [6.07, 6.45) is 57.7. The van der Waals surface area contributed by atoms with Gasteiger partial charge in [0.15, 0.2) is 12.2 Å². The largest absolute Gasteiger partial charge is 0.472 e. The highest BCUT2D eigenvalue weighted by Crippen LogP contribution is 2.45. The molecule has 0 fully saturated rings. The number of esters is 4. The Bertz CT molecular complexity index is 1910. The lowest BCUT2D eigenvalue weighted by Crippen LogP contribution is -2.30. The van der Waals surface area contributed by atoms with E-state index in [0.717, 1.165) is 108 Å². The van der Waals surface area contributed by atoms with Gasteiger partial charge in [0.05, 0.1) is 26.4 Å². The zero-order valence-electron chi connectivity index (χ0n) is 64.3. The number of phosphoric acid groups is 2. The molecule has 6 atom stereocenters. The van der Waals surface area contributed by atoms with Crippen LogP contribution in [0.3, 0.4) is 0 Å². The molecule has 0 bridgehead atoms. The summed E-state index contributed by atoms with van der Waals surface area (Å²) < 4.78 is 68.3. The van der Waals surface area contributed by atoms with E-state index < -0.39 is 97.5 Å². The molecule has 0 aromatic rings. The van der Waals surface area contributed by atoms with E-state index in [0.29, 0.717) is 31.6 Å². The standard InChI is InChI=1S/C79H154O17P2/c1-8-10-11-43-53-60-76(81)89-66-74(95-79(84)63-56-49-42-36-38-45-51-58-71(5)6)68-93-97(85,86)91-64-73(80)65-92-98(87,88)94-69-75(67-90-77(82)61-54-47-40-34-30-26-22-18-14-12-16-20-24-28-32-37-44-50-57-70(3)4)96-78(83)62-55-48-41-35-31-27-23-19-15-13-17-21-25-29-33-39-46-52-59-72(7)9-2/h70-75,80H,8-69H2,1-7H3,(H,85,86)(H,87,88)/t72?,73-,74+,75+/m0/s1. The Labute approximate surface area is 600 Å². The number of aliphatic hydroxyl groups excluding tert-OH is 1. The zero-order valence-corrected chi connectivity index (χ0v) is 66.0. The van der Waals surface area contributed by atoms with Crippen molar-refractivity contribution < 1.29 is 80.2 Å². The first-order valence-electron chi connectivity index (χ1n) is 40.9. The molecule has 582 valence electrons. The molecule has 19 heteroatoms. The number of phosphoric ester groups is 2. The number of unbranched alkanes of at least 4 members (excludes halogenated alkanes) is 44. The quantitative estimate of drug-likeness (QED) is 0.0222. The van der Waals surface area contributed by atoms with E-state index in [9.17, 15) is 43.2 Å². The Morgan fingerprint density at radius 2 is 0.520 bits per heavy atom. The van der Waals surface area contributed by atoms with Crippen LogP contribution in [0.5, 0.6) is 0 Å². The van der Waals surface area contributed by atoms with Crippen molar-refractivity contribution in [3.63, 3.8) is 0 Å². The van der Waals surface area contributed by atoms with Crippen LogP contribution in [0.15, 0.2) is 0 Å². The molecule has 0 aromatic heterocycles. The molecule has 0 saturated carbocycles. The summed E-state index contributed by atoms with van der Waals surface area (Å²) in [6.45, 7) is 11.9. The molecule has 0 saturated heterocycles. The van der Waals surface area contributed by atoms with Crippen LogP contribution in [0.1, 0.15) is 408 Å². The van der Waals surface area contributed by atoms with Crippen LogP contribution < -0.4 is 0 Å². The maximum Gasteiger partial charge on any atom is 0.472 e. The van der Waals surface area contributed by atoms with Gasteiger partial charge < -0.3 is 33.8 Å². The topological polar surface area (TPSA) is 237 Å². The van der Waals surface area contributed by atoms with Crippen molar-refractivity contribution >= 4 is 39.5 Å². The van der Waals surface area contributed by atoms with E-state index in [2.05, 4.69) is 48.5 Å². The predicted octanol–water partition coefficient (Wildman–Crippen LogP) is 23.4. The van der Waals surface area contributed by atoms with E-state index >= 15 is 0 Å². The fourth-order valence-electron chi connectivity index (χ4n) is 12.1. The number of hydrogen-bond donors (Lipinski definition) is 3. The van der Waals surface area contributed by atoms with Crippen molar-refractivity contribution in [2.45, 2.75) is 426 Å². The molecule has 0 amide bonds. The molecule has 0 radical (unpaired) electrons. The van der Waals surface area contributed by atoms with Gasteiger partial charge in [-0.2, -0.15) is 0 Å². The second-order valence-corrected chi connectivity index (χ2v) is 32.6. The van der Waals surface area contributed by atoms with Crippen LogP contribution in [0.25, 0.3) is 0 Å². The van der Waals surface area contributed by atoms with E-state index in [-0.39, 0.29) is 25.7 Å². The average Bonchev–Trinajstić information content (AvgIpc) is 0.953. The molecule has 0 spiro atoms. The lowest BCUT2D eigenvalue weighted by atomic mass is 9.99. The molecule has 0 aromatic carbocycles. The molecule has 0 aliphatic rings. The van der Waals surface area contributed by atoms with Gasteiger partial charge in [-0.25, -0.2) is 9.13 Å².